The monoisotopic (exact) mass is 485 g/mol. The van der Waals surface area contributed by atoms with E-state index < -0.39 is 17.5 Å². The van der Waals surface area contributed by atoms with Gasteiger partial charge in [0, 0.05) is 17.8 Å². The van der Waals surface area contributed by atoms with E-state index in [2.05, 4.69) is 20.6 Å². The van der Waals surface area contributed by atoms with Crippen molar-refractivity contribution in [1.29, 1.82) is 0 Å². The molecule has 1 amide bonds. The van der Waals surface area contributed by atoms with E-state index in [4.69, 9.17) is 14.0 Å². The number of aromatic nitrogens is 4. The third-order valence-corrected chi connectivity index (χ3v) is 6.92. The summed E-state index contributed by atoms with van der Waals surface area (Å²) in [5, 5.41) is 12.0. The number of esters is 1. The molecule has 1 fully saturated rings. The van der Waals surface area contributed by atoms with Gasteiger partial charge in [-0.3, -0.25) is 9.48 Å². The average Bonchev–Trinajstić information content (AvgIpc) is 3.26. The van der Waals surface area contributed by atoms with Crippen LogP contribution in [0.15, 0.2) is 4.52 Å². The van der Waals surface area contributed by atoms with E-state index in [1.165, 1.54) is 16.0 Å². The van der Waals surface area contributed by atoms with E-state index in [9.17, 15) is 9.59 Å². The van der Waals surface area contributed by atoms with Crippen molar-refractivity contribution in [3.8, 4) is 11.5 Å². The molecule has 180 valence electrons. The molecule has 3 aromatic rings. The Kier molecular flexibility index (Phi) is 5.56. The number of hydrogen-bond acceptors (Lipinski definition) is 9. The van der Waals surface area contributed by atoms with Crippen LogP contribution in [0.3, 0.4) is 0 Å². The van der Waals surface area contributed by atoms with Gasteiger partial charge in [0.25, 0.3) is 11.8 Å². The van der Waals surface area contributed by atoms with E-state index in [1.54, 1.807) is 34.7 Å². The summed E-state index contributed by atoms with van der Waals surface area (Å²) in [5.41, 5.74) is 1.76. The van der Waals surface area contributed by atoms with Crippen LogP contribution >= 0.6 is 11.3 Å². The second kappa shape index (κ2) is 8.31. The molecular weight excluding hydrogens is 458 g/mol. The zero-order chi connectivity index (χ0) is 24.2. The van der Waals surface area contributed by atoms with Crippen LogP contribution in [0.1, 0.15) is 82.3 Å². The molecule has 0 bridgehead atoms. The lowest BCUT2D eigenvalue weighted by Crippen LogP contribution is -2.26. The first kappa shape index (κ1) is 22.7. The minimum atomic E-state index is -0.704. The number of anilines is 1. The molecule has 1 N–H and O–H groups in total. The zero-order valence-electron chi connectivity index (χ0n) is 19.9. The van der Waals surface area contributed by atoms with E-state index in [-0.39, 0.29) is 11.3 Å². The Bertz CT molecular complexity index is 1280. The van der Waals surface area contributed by atoms with Crippen LogP contribution in [-0.4, -0.2) is 44.0 Å². The van der Waals surface area contributed by atoms with Gasteiger partial charge >= 0.3 is 5.97 Å². The minimum Gasteiger partial charge on any atom is -0.456 e. The molecule has 11 heteroatoms. The Morgan fingerprint density at radius 1 is 1.26 bits per heavy atom. The van der Waals surface area contributed by atoms with Crippen LogP contribution in [0.2, 0.25) is 0 Å². The second-order valence-electron chi connectivity index (χ2n) is 9.63. The van der Waals surface area contributed by atoms with E-state index in [0.717, 1.165) is 28.8 Å². The number of ether oxygens (including phenoxy) is 2. The number of carbonyl (C=O) groups is 2. The normalized spacial score (nSPS) is 15.8. The van der Waals surface area contributed by atoms with Gasteiger partial charge in [0.15, 0.2) is 11.5 Å². The number of nitrogens with one attached hydrogen (secondary N) is 1. The van der Waals surface area contributed by atoms with Crippen LogP contribution in [0.25, 0.3) is 11.5 Å². The van der Waals surface area contributed by atoms with Crippen LogP contribution in [0.4, 0.5) is 5.00 Å². The van der Waals surface area contributed by atoms with Crippen molar-refractivity contribution in [1.82, 2.24) is 19.9 Å². The molecule has 5 rings (SSSR count). The maximum atomic E-state index is 13.4. The van der Waals surface area contributed by atoms with Crippen molar-refractivity contribution in [2.24, 2.45) is 7.05 Å². The SMILES string of the molecule is Cc1c(C(=O)OC(C)(C)C)c(C(=O)Nc2sc3c(c2-c2nc(C4CC4)no2)CCOC3)nn1C. The predicted molar refractivity (Wildman–Crippen MR) is 124 cm³/mol. The summed E-state index contributed by atoms with van der Waals surface area (Å²) in [4.78, 5) is 31.9. The van der Waals surface area contributed by atoms with Gasteiger partial charge in [-0.2, -0.15) is 10.1 Å². The zero-order valence-corrected chi connectivity index (χ0v) is 20.7. The molecule has 0 unspecified atom stereocenters. The first-order valence-corrected chi connectivity index (χ1v) is 12.1. The summed E-state index contributed by atoms with van der Waals surface area (Å²) in [7, 11) is 1.68. The first-order chi connectivity index (χ1) is 16.1. The fraction of sp³-hybridized carbons (Fsp3) is 0.522. The van der Waals surface area contributed by atoms with Gasteiger partial charge in [0.2, 0.25) is 0 Å². The van der Waals surface area contributed by atoms with Crippen molar-refractivity contribution in [3.63, 3.8) is 0 Å². The highest BCUT2D eigenvalue weighted by Crippen LogP contribution is 2.44. The molecule has 0 aromatic carbocycles. The van der Waals surface area contributed by atoms with Crippen LogP contribution in [-0.2, 0) is 29.5 Å². The number of hydrogen-bond donors (Lipinski definition) is 1. The highest BCUT2D eigenvalue weighted by Gasteiger charge is 2.33. The molecule has 0 radical (unpaired) electrons. The number of fused-ring (bicyclic) bond motifs is 1. The molecule has 1 aliphatic heterocycles. The number of nitrogens with zero attached hydrogens (tertiary/aromatic N) is 4. The molecule has 0 atom stereocenters. The maximum absolute atomic E-state index is 13.4. The molecule has 34 heavy (non-hydrogen) atoms. The number of rotatable bonds is 5. The lowest BCUT2D eigenvalue weighted by atomic mass is 10.1. The molecule has 1 saturated carbocycles. The standard InChI is InChI=1S/C23H27N5O5S/c1-11-15(22(30)32-23(2,3)4)17(26-28(11)5)19(29)25-21-16(13-8-9-31-10-14(13)34-21)20-24-18(27-33-20)12-6-7-12/h12H,6-10H2,1-5H3,(H,25,29). The predicted octanol–water partition coefficient (Wildman–Crippen LogP) is 4.00. The largest absolute Gasteiger partial charge is 0.456 e. The third kappa shape index (κ3) is 4.25. The number of aryl methyl sites for hydroxylation is 1. The summed E-state index contributed by atoms with van der Waals surface area (Å²) in [6, 6.07) is 0. The Balaban J connectivity index is 1.51. The molecule has 0 spiro atoms. The van der Waals surface area contributed by atoms with Crippen molar-refractivity contribution in [3.05, 3.63) is 33.2 Å². The van der Waals surface area contributed by atoms with Gasteiger partial charge in [0.05, 0.1) is 24.5 Å². The summed E-state index contributed by atoms with van der Waals surface area (Å²) in [5.74, 6) is 0.342. The molecule has 0 saturated heterocycles. The topological polar surface area (TPSA) is 121 Å². The maximum Gasteiger partial charge on any atom is 0.342 e. The smallest absolute Gasteiger partial charge is 0.342 e. The number of carbonyl (C=O) groups excluding carboxylic acids is 2. The Morgan fingerprint density at radius 2 is 2.03 bits per heavy atom. The van der Waals surface area contributed by atoms with Gasteiger partial charge in [-0.15, -0.1) is 11.3 Å². The fourth-order valence-electron chi connectivity index (χ4n) is 3.89. The van der Waals surface area contributed by atoms with E-state index in [1.807, 2.05) is 0 Å². The molecule has 1 aliphatic carbocycles. The van der Waals surface area contributed by atoms with E-state index >= 15 is 0 Å². The van der Waals surface area contributed by atoms with Crippen LogP contribution in [0, 0.1) is 6.92 Å². The van der Waals surface area contributed by atoms with Gasteiger partial charge < -0.3 is 19.3 Å². The van der Waals surface area contributed by atoms with Crippen LogP contribution < -0.4 is 5.32 Å². The summed E-state index contributed by atoms with van der Waals surface area (Å²) >= 11 is 1.41. The Labute approximate surface area is 200 Å². The molecule has 10 nitrogen and oxygen atoms in total. The van der Waals surface area contributed by atoms with Crippen molar-refractivity contribution in [2.75, 3.05) is 11.9 Å². The van der Waals surface area contributed by atoms with Gasteiger partial charge in [0.1, 0.15) is 16.2 Å². The highest BCUT2D eigenvalue weighted by molar-refractivity contribution is 7.17. The van der Waals surface area contributed by atoms with Gasteiger partial charge in [-0.05, 0) is 52.5 Å². The molecule has 3 aromatic heterocycles. The second-order valence-corrected chi connectivity index (χ2v) is 10.7. The molecule has 2 aliphatic rings. The fourth-order valence-corrected chi connectivity index (χ4v) is 5.07. The number of amides is 1. The summed E-state index contributed by atoms with van der Waals surface area (Å²) in [6.07, 6.45) is 2.80. The first-order valence-electron chi connectivity index (χ1n) is 11.3. The quantitative estimate of drug-likeness (QED) is 0.538. The van der Waals surface area contributed by atoms with Crippen molar-refractivity contribution < 1.29 is 23.6 Å². The lowest BCUT2D eigenvalue weighted by Gasteiger charge is -2.19. The van der Waals surface area contributed by atoms with Crippen molar-refractivity contribution in [2.45, 2.75) is 65.1 Å². The average molecular weight is 486 g/mol. The Hall–Kier alpha value is -3.05. The highest BCUT2D eigenvalue weighted by atomic mass is 32.1. The van der Waals surface area contributed by atoms with Crippen molar-refractivity contribution >= 4 is 28.2 Å². The minimum absolute atomic E-state index is 0.00650. The molecular formula is C23H27N5O5S. The van der Waals surface area contributed by atoms with Crippen LogP contribution in [0.5, 0.6) is 0 Å². The lowest BCUT2D eigenvalue weighted by molar-refractivity contribution is 0.00669. The van der Waals surface area contributed by atoms with E-state index in [0.29, 0.717) is 48.0 Å². The summed E-state index contributed by atoms with van der Waals surface area (Å²) in [6.45, 7) is 8.10. The van der Waals surface area contributed by atoms with Gasteiger partial charge in [-0.25, -0.2) is 4.79 Å². The van der Waals surface area contributed by atoms with Gasteiger partial charge in [-0.1, -0.05) is 5.16 Å². The Morgan fingerprint density at radius 3 is 2.74 bits per heavy atom. The summed E-state index contributed by atoms with van der Waals surface area (Å²) < 4.78 is 18.2. The third-order valence-electron chi connectivity index (χ3n) is 5.80. The number of thiophene rings is 1. The molecule has 4 heterocycles.